The number of hydrogen-bond donors (Lipinski definition) is 0. The first-order valence-corrected chi connectivity index (χ1v) is 13.7. The summed E-state index contributed by atoms with van der Waals surface area (Å²) < 4.78 is 38.9. The van der Waals surface area contributed by atoms with Gasteiger partial charge in [0.2, 0.25) is 10.0 Å². The molecule has 34 heavy (non-hydrogen) atoms. The van der Waals surface area contributed by atoms with E-state index in [1.807, 2.05) is 35.0 Å². The van der Waals surface area contributed by atoms with Crippen molar-refractivity contribution < 1.29 is 17.9 Å². The van der Waals surface area contributed by atoms with Crippen LogP contribution in [0, 0.1) is 11.3 Å². The van der Waals surface area contributed by atoms with Crippen LogP contribution in [-0.2, 0) is 10.0 Å². The van der Waals surface area contributed by atoms with E-state index in [9.17, 15) is 13.7 Å². The first-order chi connectivity index (χ1) is 16.3. The van der Waals surface area contributed by atoms with E-state index in [0.29, 0.717) is 41.7 Å². The summed E-state index contributed by atoms with van der Waals surface area (Å²) in [5.74, 6) is 1.37. The zero-order chi connectivity index (χ0) is 24.3. The number of fused-ring (bicyclic) bond motifs is 1. The number of hydrogen-bond acceptors (Lipinski definition) is 5. The smallest absolute Gasteiger partial charge is 0.211 e. The molecule has 2 heterocycles. The van der Waals surface area contributed by atoms with Crippen molar-refractivity contribution in [1.29, 1.82) is 5.26 Å². The number of alkyl halides is 1. The van der Waals surface area contributed by atoms with Crippen LogP contribution in [0.1, 0.15) is 24.8 Å². The van der Waals surface area contributed by atoms with E-state index in [1.165, 1.54) is 10.6 Å². The molecular weight excluding hydrogens is 497 g/mol. The van der Waals surface area contributed by atoms with Gasteiger partial charge < -0.3 is 14.0 Å². The fraction of sp³-hybridized carbons (Fsp3) is 0.375. The lowest BCUT2D eigenvalue weighted by molar-refractivity contribution is 0.186. The Morgan fingerprint density at radius 1 is 1.18 bits per heavy atom. The SMILES string of the molecule is CS(=O)(=O)N1CCCC(Oc2ccc3c(ccn3-c3cc(Cl)c(OCCCl)c(C#N)c3)c2)CC1. The quantitative estimate of drug-likeness (QED) is 0.410. The van der Waals surface area contributed by atoms with Crippen molar-refractivity contribution >= 4 is 44.1 Å². The fourth-order valence-electron chi connectivity index (χ4n) is 4.19. The third kappa shape index (κ3) is 5.44. The van der Waals surface area contributed by atoms with Crippen LogP contribution in [0.25, 0.3) is 16.6 Å². The standard InChI is InChI=1S/C24H25Cl2N3O4S/c1-34(30,31)28-9-2-3-20(7-10-28)33-21-4-5-23-17(14-21)6-11-29(23)19-13-18(16-27)24(22(26)15-19)32-12-8-25/h4-6,11,13-15,20H,2-3,7-10,12H2,1H3. The van der Waals surface area contributed by atoms with Gasteiger partial charge in [-0.1, -0.05) is 11.6 Å². The van der Waals surface area contributed by atoms with Gasteiger partial charge in [0, 0.05) is 30.4 Å². The van der Waals surface area contributed by atoms with Crippen LogP contribution in [0.2, 0.25) is 5.02 Å². The van der Waals surface area contributed by atoms with Crippen LogP contribution in [0.4, 0.5) is 0 Å². The number of halogens is 2. The molecule has 0 amide bonds. The van der Waals surface area contributed by atoms with E-state index in [-0.39, 0.29) is 12.7 Å². The predicted molar refractivity (Wildman–Crippen MR) is 134 cm³/mol. The first-order valence-electron chi connectivity index (χ1n) is 11.0. The van der Waals surface area contributed by atoms with Crippen LogP contribution in [0.3, 0.4) is 0 Å². The minimum atomic E-state index is -3.18. The molecule has 4 rings (SSSR count). The lowest BCUT2D eigenvalue weighted by Crippen LogP contribution is -2.31. The maximum absolute atomic E-state index is 11.8. The molecule has 2 aromatic carbocycles. The Labute approximate surface area is 209 Å². The minimum Gasteiger partial charge on any atom is -0.490 e. The number of rotatable bonds is 7. The van der Waals surface area contributed by atoms with Crippen LogP contribution in [0.5, 0.6) is 11.5 Å². The van der Waals surface area contributed by atoms with E-state index >= 15 is 0 Å². The van der Waals surface area contributed by atoms with Gasteiger partial charge in [-0.2, -0.15) is 5.26 Å². The lowest BCUT2D eigenvalue weighted by atomic mass is 10.1. The van der Waals surface area contributed by atoms with E-state index in [4.69, 9.17) is 32.7 Å². The second kappa shape index (κ2) is 10.4. The molecule has 10 heteroatoms. The minimum absolute atomic E-state index is 0.0381. The number of sulfonamides is 1. The molecule has 1 aliphatic heterocycles. The molecule has 1 atom stereocenters. The molecule has 3 aromatic rings. The Hall–Kier alpha value is -2.44. The maximum Gasteiger partial charge on any atom is 0.211 e. The van der Waals surface area contributed by atoms with Gasteiger partial charge in [0.15, 0.2) is 5.75 Å². The van der Waals surface area contributed by atoms with E-state index in [1.54, 1.807) is 12.1 Å². The largest absolute Gasteiger partial charge is 0.490 e. The molecule has 0 spiro atoms. The van der Waals surface area contributed by atoms with Crippen molar-refractivity contribution in [2.75, 3.05) is 31.8 Å². The van der Waals surface area contributed by atoms with Crippen molar-refractivity contribution in [2.24, 2.45) is 0 Å². The zero-order valence-corrected chi connectivity index (χ0v) is 21.0. The molecule has 0 saturated carbocycles. The van der Waals surface area contributed by atoms with E-state index in [2.05, 4.69) is 6.07 Å². The lowest BCUT2D eigenvalue weighted by Gasteiger charge is -2.18. The number of ether oxygens (including phenoxy) is 2. The highest BCUT2D eigenvalue weighted by Gasteiger charge is 2.23. The van der Waals surface area contributed by atoms with Crippen molar-refractivity contribution in [3.63, 3.8) is 0 Å². The van der Waals surface area contributed by atoms with Crippen LogP contribution in [-0.4, -0.2) is 55.2 Å². The summed E-state index contributed by atoms with van der Waals surface area (Å²) in [6, 6.07) is 13.4. The highest BCUT2D eigenvalue weighted by Crippen LogP contribution is 2.34. The van der Waals surface area contributed by atoms with Gasteiger partial charge in [-0.3, -0.25) is 0 Å². The Morgan fingerprint density at radius 2 is 2.00 bits per heavy atom. The van der Waals surface area contributed by atoms with Gasteiger partial charge in [-0.25, -0.2) is 12.7 Å². The van der Waals surface area contributed by atoms with Crippen molar-refractivity contribution in [3.8, 4) is 23.3 Å². The summed E-state index contributed by atoms with van der Waals surface area (Å²) in [6.45, 7) is 1.26. The summed E-state index contributed by atoms with van der Waals surface area (Å²) in [7, 11) is -3.18. The summed E-state index contributed by atoms with van der Waals surface area (Å²) in [6.07, 6.45) is 5.35. The van der Waals surface area contributed by atoms with Crippen LogP contribution >= 0.6 is 23.2 Å². The highest BCUT2D eigenvalue weighted by atomic mass is 35.5. The monoisotopic (exact) mass is 521 g/mol. The van der Waals surface area contributed by atoms with Gasteiger partial charge in [-0.05, 0) is 55.7 Å². The highest BCUT2D eigenvalue weighted by molar-refractivity contribution is 7.88. The van der Waals surface area contributed by atoms with Gasteiger partial charge in [0.1, 0.15) is 24.5 Å². The molecule has 0 N–H and O–H groups in total. The van der Waals surface area contributed by atoms with Gasteiger partial charge in [0.25, 0.3) is 0 Å². The number of benzene rings is 2. The van der Waals surface area contributed by atoms with E-state index < -0.39 is 10.0 Å². The summed E-state index contributed by atoms with van der Waals surface area (Å²) >= 11 is 12.1. The van der Waals surface area contributed by atoms with Gasteiger partial charge in [-0.15, -0.1) is 11.6 Å². The molecule has 1 aromatic heterocycles. The third-order valence-corrected chi connectivity index (χ3v) is 7.56. The molecular formula is C24H25Cl2N3O4S. The molecule has 0 radical (unpaired) electrons. The van der Waals surface area contributed by atoms with Crippen molar-refractivity contribution in [2.45, 2.75) is 25.4 Å². The average Bonchev–Trinajstić information content (AvgIpc) is 3.06. The molecule has 1 aliphatic rings. The summed E-state index contributed by atoms with van der Waals surface area (Å²) in [4.78, 5) is 0. The zero-order valence-electron chi connectivity index (χ0n) is 18.7. The second-order valence-corrected chi connectivity index (χ2v) is 11.0. The number of nitrogens with zero attached hydrogens (tertiary/aromatic N) is 3. The summed E-state index contributed by atoms with van der Waals surface area (Å²) in [5, 5.41) is 10.9. The maximum atomic E-state index is 11.8. The number of aromatic nitrogens is 1. The second-order valence-electron chi connectivity index (χ2n) is 8.19. The molecule has 1 unspecified atom stereocenters. The first kappa shape index (κ1) is 24.7. The molecule has 0 bridgehead atoms. The van der Waals surface area contributed by atoms with Gasteiger partial charge >= 0.3 is 0 Å². The Morgan fingerprint density at radius 3 is 2.74 bits per heavy atom. The normalized spacial score (nSPS) is 17.3. The van der Waals surface area contributed by atoms with Crippen molar-refractivity contribution in [3.05, 3.63) is 53.2 Å². The Balaban J connectivity index is 1.55. The predicted octanol–water partition coefficient (Wildman–Crippen LogP) is 4.97. The Kier molecular flexibility index (Phi) is 7.58. The fourth-order valence-corrected chi connectivity index (χ4v) is 5.43. The third-order valence-electron chi connectivity index (χ3n) is 5.82. The number of nitriles is 1. The molecule has 1 fully saturated rings. The molecule has 1 saturated heterocycles. The Bertz CT molecular complexity index is 1330. The molecule has 0 aliphatic carbocycles. The molecule has 7 nitrogen and oxygen atoms in total. The summed E-state index contributed by atoms with van der Waals surface area (Å²) in [5.41, 5.74) is 2.02. The van der Waals surface area contributed by atoms with Gasteiger partial charge in [0.05, 0.1) is 28.2 Å². The van der Waals surface area contributed by atoms with Crippen molar-refractivity contribution in [1.82, 2.24) is 8.87 Å². The topological polar surface area (TPSA) is 84.6 Å². The van der Waals surface area contributed by atoms with E-state index in [0.717, 1.165) is 35.2 Å². The van der Waals surface area contributed by atoms with Crippen LogP contribution in [0.15, 0.2) is 42.6 Å². The van der Waals surface area contributed by atoms with Crippen LogP contribution < -0.4 is 9.47 Å². The molecule has 180 valence electrons. The average molecular weight is 522 g/mol.